The van der Waals surface area contributed by atoms with Crippen LogP contribution in [-0.4, -0.2) is 34.4 Å². The van der Waals surface area contributed by atoms with E-state index in [0.29, 0.717) is 34.1 Å². The maximum absolute atomic E-state index is 13.3. The van der Waals surface area contributed by atoms with Crippen LogP contribution in [0, 0.1) is 0 Å². The van der Waals surface area contributed by atoms with Gasteiger partial charge >= 0.3 is 5.97 Å². The van der Waals surface area contributed by atoms with E-state index in [1.807, 2.05) is 30.3 Å². The minimum Gasteiger partial charge on any atom is -0.496 e. The van der Waals surface area contributed by atoms with E-state index in [1.165, 1.54) is 34.5 Å². The predicted molar refractivity (Wildman–Crippen MR) is 133 cm³/mol. The second-order valence-electron chi connectivity index (χ2n) is 8.22. The largest absolute Gasteiger partial charge is 0.496 e. The van der Waals surface area contributed by atoms with Crippen LogP contribution in [0.4, 0.5) is 0 Å². The highest BCUT2D eigenvalue weighted by atomic mass is 16.5. The lowest BCUT2D eigenvalue weighted by molar-refractivity contribution is -0.135. The van der Waals surface area contributed by atoms with Gasteiger partial charge in [0.2, 0.25) is 0 Å². The lowest BCUT2D eigenvalue weighted by Gasteiger charge is -2.28. The summed E-state index contributed by atoms with van der Waals surface area (Å²) in [6, 6.07) is 15.8. The topological polar surface area (TPSA) is 93.4 Å². The average Bonchev–Trinajstić information content (AvgIpc) is 2.91. The zero-order valence-corrected chi connectivity index (χ0v) is 20.2. The van der Waals surface area contributed by atoms with Crippen LogP contribution < -0.4 is 29.1 Å². The van der Waals surface area contributed by atoms with E-state index in [-0.39, 0.29) is 34.3 Å². The summed E-state index contributed by atoms with van der Waals surface area (Å²) in [7, 11) is 6.05. The third-order valence-electron chi connectivity index (χ3n) is 6.30. The molecule has 184 valence electrons. The summed E-state index contributed by atoms with van der Waals surface area (Å²) in [6.45, 7) is 0. The van der Waals surface area contributed by atoms with Crippen LogP contribution in [0.5, 0.6) is 28.7 Å². The Morgan fingerprint density at radius 2 is 1.44 bits per heavy atom. The summed E-state index contributed by atoms with van der Waals surface area (Å²) in [4.78, 5) is 26.1. The Morgan fingerprint density at radius 3 is 2.11 bits per heavy atom. The van der Waals surface area contributed by atoms with Gasteiger partial charge in [0.1, 0.15) is 34.0 Å². The number of fused-ring (bicyclic) bond motifs is 3. The Balaban J connectivity index is 1.85. The molecule has 5 rings (SSSR count). The molecule has 1 atom stereocenters. The van der Waals surface area contributed by atoms with Crippen LogP contribution in [0.15, 0.2) is 63.8 Å². The van der Waals surface area contributed by atoms with E-state index in [2.05, 4.69) is 0 Å². The molecule has 0 bridgehead atoms. The van der Waals surface area contributed by atoms with Crippen LogP contribution in [0.1, 0.15) is 23.5 Å². The number of esters is 1. The molecule has 0 aliphatic carbocycles. The SMILES string of the molecule is COc1cc(OC)c(C2CC(=O)Oc3cc(OC)c4c(=O)cc(-c5ccccc5)oc4c32)cc1OC. The highest BCUT2D eigenvalue weighted by Gasteiger charge is 2.36. The van der Waals surface area contributed by atoms with Gasteiger partial charge in [-0.25, -0.2) is 0 Å². The summed E-state index contributed by atoms with van der Waals surface area (Å²) in [5.74, 6) is 1.34. The van der Waals surface area contributed by atoms with Crippen molar-refractivity contribution in [2.45, 2.75) is 12.3 Å². The molecule has 8 heteroatoms. The monoisotopic (exact) mass is 488 g/mol. The number of carbonyl (C=O) groups excluding carboxylic acids is 1. The van der Waals surface area contributed by atoms with Gasteiger partial charge in [0, 0.05) is 40.8 Å². The molecule has 0 saturated carbocycles. The fraction of sp³-hybridized carbons (Fsp3) is 0.214. The van der Waals surface area contributed by atoms with Gasteiger partial charge in [-0.3, -0.25) is 9.59 Å². The Kier molecular flexibility index (Phi) is 6.01. The van der Waals surface area contributed by atoms with E-state index in [0.717, 1.165) is 5.56 Å². The molecule has 8 nitrogen and oxygen atoms in total. The third-order valence-corrected chi connectivity index (χ3v) is 6.30. The van der Waals surface area contributed by atoms with Crippen LogP contribution in [0.25, 0.3) is 22.3 Å². The standard InChI is InChI=1S/C28H24O8/c1-31-20-13-22(33-3)21(32-2)10-16(20)17-11-25(30)35-24-14-23(34-4)27-18(29)12-19(36-28(27)26(17)24)15-8-6-5-7-9-15/h5-10,12-14,17H,11H2,1-4H3. The molecular weight excluding hydrogens is 464 g/mol. The molecule has 1 aliphatic heterocycles. The van der Waals surface area contributed by atoms with E-state index in [9.17, 15) is 9.59 Å². The van der Waals surface area contributed by atoms with Crippen molar-refractivity contribution in [2.24, 2.45) is 0 Å². The molecule has 2 heterocycles. The third kappa shape index (κ3) is 3.80. The zero-order valence-electron chi connectivity index (χ0n) is 20.2. The first-order valence-electron chi connectivity index (χ1n) is 11.2. The first kappa shape index (κ1) is 23.3. The molecule has 0 N–H and O–H groups in total. The summed E-state index contributed by atoms with van der Waals surface area (Å²) in [5.41, 5.74) is 1.95. The number of hydrogen-bond acceptors (Lipinski definition) is 8. The first-order valence-corrected chi connectivity index (χ1v) is 11.2. The lowest BCUT2D eigenvalue weighted by Crippen LogP contribution is -2.22. The maximum Gasteiger partial charge on any atom is 0.312 e. The van der Waals surface area contributed by atoms with Crippen molar-refractivity contribution in [1.82, 2.24) is 0 Å². The van der Waals surface area contributed by atoms with Crippen LogP contribution in [-0.2, 0) is 4.79 Å². The quantitative estimate of drug-likeness (QED) is 0.278. The van der Waals surface area contributed by atoms with Crippen molar-refractivity contribution in [1.29, 1.82) is 0 Å². The number of ether oxygens (including phenoxy) is 5. The molecule has 0 amide bonds. The van der Waals surface area contributed by atoms with Gasteiger partial charge in [0.15, 0.2) is 16.9 Å². The van der Waals surface area contributed by atoms with Gasteiger partial charge in [0.05, 0.1) is 34.9 Å². The van der Waals surface area contributed by atoms with E-state index < -0.39 is 11.9 Å². The number of methoxy groups -OCH3 is 4. The van der Waals surface area contributed by atoms with Gasteiger partial charge in [-0.15, -0.1) is 0 Å². The number of carbonyl (C=O) groups is 1. The van der Waals surface area contributed by atoms with Gasteiger partial charge in [-0.1, -0.05) is 30.3 Å². The Morgan fingerprint density at radius 1 is 0.778 bits per heavy atom. The normalized spacial score (nSPS) is 14.7. The minimum atomic E-state index is -0.557. The average molecular weight is 488 g/mol. The molecule has 4 aromatic rings. The van der Waals surface area contributed by atoms with E-state index >= 15 is 0 Å². The molecular formula is C28H24O8. The van der Waals surface area contributed by atoms with Crippen molar-refractivity contribution in [3.8, 4) is 40.1 Å². The zero-order chi connectivity index (χ0) is 25.4. The highest BCUT2D eigenvalue weighted by molar-refractivity contribution is 5.93. The van der Waals surface area contributed by atoms with Crippen molar-refractivity contribution in [3.63, 3.8) is 0 Å². The van der Waals surface area contributed by atoms with Gasteiger partial charge in [-0.2, -0.15) is 0 Å². The molecule has 0 radical (unpaired) electrons. The smallest absolute Gasteiger partial charge is 0.312 e. The Hall–Kier alpha value is -4.46. The van der Waals surface area contributed by atoms with Crippen molar-refractivity contribution in [2.75, 3.05) is 28.4 Å². The summed E-state index contributed by atoms with van der Waals surface area (Å²) >= 11 is 0. The molecule has 1 aliphatic rings. The molecule has 1 aromatic heterocycles. The van der Waals surface area contributed by atoms with E-state index in [1.54, 1.807) is 18.2 Å². The Bertz CT molecular complexity index is 1520. The van der Waals surface area contributed by atoms with Crippen molar-refractivity contribution in [3.05, 3.63) is 75.9 Å². The van der Waals surface area contributed by atoms with Crippen molar-refractivity contribution < 1.29 is 32.9 Å². The van der Waals surface area contributed by atoms with Crippen LogP contribution >= 0.6 is 0 Å². The lowest BCUT2D eigenvalue weighted by atomic mass is 9.84. The van der Waals surface area contributed by atoms with Gasteiger partial charge < -0.3 is 28.1 Å². The molecule has 3 aromatic carbocycles. The second-order valence-corrected chi connectivity index (χ2v) is 8.22. The molecule has 0 spiro atoms. The number of hydrogen-bond donors (Lipinski definition) is 0. The highest BCUT2D eigenvalue weighted by Crippen LogP contribution is 2.49. The predicted octanol–water partition coefficient (Wildman–Crippen LogP) is 4.94. The maximum atomic E-state index is 13.3. The first-order chi connectivity index (χ1) is 17.5. The van der Waals surface area contributed by atoms with E-state index in [4.69, 9.17) is 28.1 Å². The van der Waals surface area contributed by atoms with Crippen LogP contribution in [0.3, 0.4) is 0 Å². The molecule has 0 saturated heterocycles. The minimum absolute atomic E-state index is 0.000449. The Labute approximate surface area is 206 Å². The summed E-state index contributed by atoms with van der Waals surface area (Å²) in [6.07, 6.45) is -0.000449. The van der Waals surface area contributed by atoms with Gasteiger partial charge in [-0.05, 0) is 6.07 Å². The fourth-order valence-corrected chi connectivity index (χ4v) is 4.64. The summed E-state index contributed by atoms with van der Waals surface area (Å²) in [5, 5.41) is 0.262. The molecule has 1 unspecified atom stereocenters. The molecule has 36 heavy (non-hydrogen) atoms. The summed E-state index contributed by atoms with van der Waals surface area (Å²) < 4.78 is 34.1. The fourth-order valence-electron chi connectivity index (χ4n) is 4.64. The number of rotatable bonds is 6. The van der Waals surface area contributed by atoms with Crippen LogP contribution in [0.2, 0.25) is 0 Å². The van der Waals surface area contributed by atoms with Gasteiger partial charge in [0.25, 0.3) is 0 Å². The van der Waals surface area contributed by atoms with Crippen molar-refractivity contribution >= 4 is 16.9 Å². The second kappa shape index (κ2) is 9.30. The molecule has 0 fully saturated rings. The number of benzene rings is 3.